The predicted octanol–water partition coefficient (Wildman–Crippen LogP) is 13.7. The van der Waals surface area contributed by atoms with Gasteiger partial charge in [-0.3, -0.25) is 0 Å². The second-order valence-electron chi connectivity index (χ2n) is 15.7. The number of rotatable bonds is 4. The fourth-order valence-corrected chi connectivity index (χ4v) is 9.09. The van der Waals surface area contributed by atoms with Gasteiger partial charge >= 0.3 is 5.69 Å². The van der Waals surface area contributed by atoms with Crippen molar-refractivity contribution in [3.05, 3.63) is 198 Å². The molecule has 0 N–H and O–H groups in total. The standard InChI is InChI=1S/C40BF28.C6H5N2/c42-13-1-5(21(50)37(66)33(13)62)17(46)29(58)25(54)9(1)41(10-2-6(18(47)30(59)26(10)55)22(51)38(67)34(63)14(2)43,11-3-7(19(48)31(60)27(11)56)23(52)39(68)35(64)15(3)44)12-4-8(20(49)32(61)28(12)57)24(53)40(69)36(65)16(4)45;7-8-6-4-2-1-3-5-6/h;1-5H/q-1;+1. The molecule has 9 aromatic carbocycles. The molecular weight excluding hydrogens is 1120 g/mol. The molecule has 0 aromatic heterocycles. The third-order valence-corrected chi connectivity index (χ3v) is 12.1. The summed E-state index contributed by atoms with van der Waals surface area (Å²) in [5, 5.41) is -18.8. The maximum atomic E-state index is 17.3. The van der Waals surface area contributed by atoms with Gasteiger partial charge in [-0.1, -0.05) is 18.2 Å². The molecular formula is C46H5BF28N2. The van der Waals surface area contributed by atoms with Crippen LogP contribution < -0.4 is 21.9 Å². The van der Waals surface area contributed by atoms with Gasteiger partial charge in [-0.05, 0) is 21.5 Å². The van der Waals surface area contributed by atoms with Crippen molar-refractivity contribution in [2.24, 2.45) is 0 Å². The van der Waals surface area contributed by atoms with E-state index in [4.69, 9.17) is 5.39 Å². The Hall–Kier alpha value is -8.46. The number of diazo groups is 1. The Balaban J connectivity index is 0.000000897. The summed E-state index contributed by atoms with van der Waals surface area (Å²) in [4.78, 5) is 2.97. The predicted molar refractivity (Wildman–Crippen MR) is 210 cm³/mol. The first-order valence-electron chi connectivity index (χ1n) is 19.8. The SMILES string of the molecule is Fc1c(F)c(F)c2c([B-](c3c(F)c(F)c(F)c4c(F)c(F)c(F)c(F)c34)(c3c(F)c(F)c(F)c4c(F)c(F)c(F)c(F)c34)c3c(F)c(F)c(F)c4c(F)c(F)c(F)c(F)c34)c(F)c(F)c(F)c2c1F.N#[N+]c1ccccc1. The highest BCUT2D eigenvalue weighted by molar-refractivity contribution is 7.23. The van der Waals surface area contributed by atoms with Crippen molar-refractivity contribution in [2.75, 3.05) is 0 Å². The molecule has 0 amide bonds. The van der Waals surface area contributed by atoms with Crippen LogP contribution in [0.15, 0.2) is 30.3 Å². The van der Waals surface area contributed by atoms with Crippen LogP contribution in [0.1, 0.15) is 0 Å². The van der Waals surface area contributed by atoms with Crippen LogP contribution in [-0.2, 0) is 0 Å². The highest BCUT2D eigenvalue weighted by atomic mass is 19.2. The lowest BCUT2D eigenvalue weighted by Crippen LogP contribution is -2.79. The van der Waals surface area contributed by atoms with E-state index in [1.807, 2.05) is 18.2 Å². The van der Waals surface area contributed by atoms with Crippen LogP contribution in [0.2, 0.25) is 0 Å². The van der Waals surface area contributed by atoms with Gasteiger partial charge in [0.15, 0.2) is 145 Å². The van der Waals surface area contributed by atoms with Gasteiger partial charge in [0.2, 0.25) is 5.39 Å². The molecule has 0 unspecified atom stereocenters. The minimum atomic E-state index is -8.05. The lowest BCUT2D eigenvalue weighted by atomic mass is 9.11. The Bertz CT molecular complexity index is 3700. The van der Waals surface area contributed by atoms with Crippen LogP contribution in [0.5, 0.6) is 0 Å². The van der Waals surface area contributed by atoms with Crippen molar-refractivity contribution in [1.82, 2.24) is 0 Å². The molecule has 0 spiro atoms. The van der Waals surface area contributed by atoms with E-state index in [1.165, 1.54) is 0 Å². The van der Waals surface area contributed by atoms with Gasteiger partial charge in [-0.15, -0.1) is 21.9 Å². The smallest absolute Gasteiger partial charge is 0.207 e. The maximum Gasteiger partial charge on any atom is 0.385 e. The first-order chi connectivity index (χ1) is 35.9. The summed E-state index contributed by atoms with van der Waals surface area (Å²) in [5.41, 5.74) is -14.9. The molecule has 398 valence electrons. The molecule has 77 heavy (non-hydrogen) atoms. The van der Waals surface area contributed by atoms with E-state index in [2.05, 4.69) is 4.98 Å². The summed E-state index contributed by atoms with van der Waals surface area (Å²) in [5.74, 6) is -104. The molecule has 0 aliphatic rings. The van der Waals surface area contributed by atoms with Crippen LogP contribution in [-0.4, -0.2) is 6.15 Å². The van der Waals surface area contributed by atoms with Gasteiger partial charge < -0.3 is 0 Å². The number of benzene rings is 9. The van der Waals surface area contributed by atoms with Crippen molar-refractivity contribution < 1.29 is 123 Å². The topological polar surface area (TPSA) is 28.1 Å². The molecule has 0 aliphatic carbocycles. The fourth-order valence-electron chi connectivity index (χ4n) is 9.09. The Morgan fingerprint density at radius 1 is 0.208 bits per heavy atom. The molecule has 9 rings (SSSR count). The van der Waals surface area contributed by atoms with Gasteiger partial charge in [-0.25, -0.2) is 123 Å². The van der Waals surface area contributed by atoms with Crippen LogP contribution in [0.4, 0.5) is 129 Å². The Labute approximate surface area is 403 Å². The largest absolute Gasteiger partial charge is 0.385 e. The second-order valence-corrected chi connectivity index (χ2v) is 15.7. The van der Waals surface area contributed by atoms with Gasteiger partial charge in [0, 0.05) is 12.1 Å². The van der Waals surface area contributed by atoms with Gasteiger partial charge in [0.25, 0.3) is 0 Å². The normalized spacial score (nSPS) is 11.9. The minimum Gasteiger partial charge on any atom is -0.207 e. The molecule has 0 heterocycles. The van der Waals surface area contributed by atoms with Crippen molar-refractivity contribution in [3.63, 3.8) is 0 Å². The van der Waals surface area contributed by atoms with Crippen molar-refractivity contribution in [2.45, 2.75) is 0 Å². The molecule has 0 fully saturated rings. The number of hydrogen-bond acceptors (Lipinski definition) is 1. The highest BCUT2D eigenvalue weighted by Crippen LogP contribution is 2.42. The summed E-state index contributed by atoms with van der Waals surface area (Å²) in [6.07, 6.45) is -8.05. The summed E-state index contributed by atoms with van der Waals surface area (Å²) in [6.45, 7) is 0. The Kier molecular flexibility index (Phi) is 13.3. The first kappa shape index (κ1) is 54.8. The summed E-state index contributed by atoms with van der Waals surface area (Å²) in [7, 11) is 0. The minimum absolute atomic E-state index is 0.590. The third-order valence-electron chi connectivity index (χ3n) is 12.1. The molecule has 0 bridgehead atoms. The van der Waals surface area contributed by atoms with E-state index in [1.54, 1.807) is 12.1 Å². The zero-order chi connectivity index (χ0) is 57.4. The highest BCUT2D eigenvalue weighted by Gasteiger charge is 2.52. The van der Waals surface area contributed by atoms with Gasteiger partial charge in [0.1, 0.15) is 29.4 Å². The molecule has 0 radical (unpaired) electrons. The molecule has 0 saturated heterocycles. The zero-order valence-electron chi connectivity index (χ0n) is 35.4. The van der Waals surface area contributed by atoms with Gasteiger partial charge in [-0.2, -0.15) is 0 Å². The molecule has 0 saturated carbocycles. The van der Waals surface area contributed by atoms with Crippen LogP contribution in [0.25, 0.3) is 48.1 Å². The number of fused-ring (bicyclic) bond motifs is 4. The van der Waals surface area contributed by atoms with E-state index >= 15 is 105 Å². The average molecular weight is 1130 g/mol. The average Bonchev–Trinajstić information content (AvgIpc) is 3.57. The number of hydrogen-bond donors (Lipinski definition) is 0. The van der Waals surface area contributed by atoms with Crippen molar-refractivity contribution >= 4 is 76.8 Å². The van der Waals surface area contributed by atoms with Crippen LogP contribution in [0, 0.1) is 168 Å². The monoisotopic (exact) mass is 1130 g/mol. The van der Waals surface area contributed by atoms with E-state index in [9.17, 15) is 17.6 Å². The van der Waals surface area contributed by atoms with E-state index in [0.29, 0.717) is 5.69 Å². The number of halogens is 28. The third kappa shape index (κ3) is 7.14. The molecule has 31 heteroatoms. The lowest BCUT2D eigenvalue weighted by molar-refractivity contribution is 0.410. The molecule has 9 aromatic rings. The molecule has 2 nitrogen and oxygen atoms in total. The summed E-state index contributed by atoms with van der Waals surface area (Å²) >= 11 is 0. The lowest BCUT2D eigenvalue weighted by Gasteiger charge is -2.47. The van der Waals surface area contributed by atoms with Crippen molar-refractivity contribution in [1.29, 1.82) is 5.39 Å². The Morgan fingerprint density at radius 2 is 0.364 bits per heavy atom. The first-order valence-corrected chi connectivity index (χ1v) is 19.8. The van der Waals surface area contributed by atoms with Crippen LogP contribution in [0.3, 0.4) is 0 Å². The quantitative estimate of drug-likeness (QED) is 0.0567. The van der Waals surface area contributed by atoms with E-state index in [0.717, 1.165) is 0 Å². The molecule has 0 atom stereocenters. The maximum absolute atomic E-state index is 17.3. The molecule has 0 aliphatic heterocycles. The summed E-state index contributed by atoms with van der Waals surface area (Å²) in [6, 6.07) is 8.94. The number of nitrogens with zero attached hydrogens (tertiary/aromatic N) is 2. The van der Waals surface area contributed by atoms with Crippen LogP contribution >= 0.6 is 0 Å². The summed E-state index contributed by atoms with van der Waals surface area (Å²) < 4.78 is 446. The van der Waals surface area contributed by atoms with Crippen molar-refractivity contribution in [3.8, 4) is 0 Å². The van der Waals surface area contributed by atoms with E-state index < -0.39 is 234 Å². The van der Waals surface area contributed by atoms with E-state index in [-0.39, 0.29) is 0 Å². The Morgan fingerprint density at radius 3 is 0.519 bits per heavy atom. The van der Waals surface area contributed by atoms with Gasteiger partial charge in [0.05, 0.1) is 21.5 Å². The second kappa shape index (κ2) is 18.7. The fraction of sp³-hybridized carbons (Fsp3) is 0. The zero-order valence-corrected chi connectivity index (χ0v) is 35.4.